The first kappa shape index (κ1) is 20.2. The number of hydrogen-bond donors (Lipinski definition) is 0. The third-order valence-electron chi connectivity index (χ3n) is 7.04. The molecule has 0 saturated carbocycles. The molecule has 0 amide bonds. The van der Waals surface area contributed by atoms with E-state index in [2.05, 4.69) is 76.2 Å². The molecule has 0 N–H and O–H groups in total. The second-order valence-corrected chi connectivity index (χ2v) is 9.29. The molecule has 0 nitrogen and oxygen atoms in total. The molecule has 0 heterocycles. The van der Waals surface area contributed by atoms with Crippen LogP contribution in [0.25, 0.3) is 21.9 Å². The number of benzene rings is 3. The first-order chi connectivity index (χ1) is 14.1. The van der Waals surface area contributed by atoms with Gasteiger partial charge in [0.2, 0.25) is 0 Å². The molecule has 3 aromatic rings. The summed E-state index contributed by atoms with van der Waals surface area (Å²) in [4.78, 5) is 0. The van der Waals surface area contributed by atoms with Crippen LogP contribution in [0.15, 0.2) is 48.5 Å². The average molecular weight is 385 g/mol. The predicted octanol–water partition coefficient (Wildman–Crippen LogP) is 8.88. The highest BCUT2D eigenvalue weighted by molar-refractivity contribution is 5.94. The zero-order chi connectivity index (χ0) is 20.4. The summed E-state index contributed by atoms with van der Waals surface area (Å²) in [5.41, 5.74) is 9.12. The molecule has 0 bridgehead atoms. The van der Waals surface area contributed by atoms with E-state index in [-0.39, 0.29) is 5.41 Å². The monoisotopic (exact) mass is 384 g/mol. The van der Waals surface area contributed by atoms with Crippen LogP contribution in [0.3, 0.4) is 0 Å². The van der Waals surface area contributed by atoms with E-state index in [1.165, 1.54) is 84.4 Å². The minimum absolute atomic E-state index is 0.193. The maximum absolute atomic E-state index is 2.55. The fourth-order valence-electron chi connectivity index (χ4n) is 5.49. The number of hydrogen-bond acceptors (Lipinski definition) is 0. The molecule has 0 fully saturated rings. The van der Waals surface area contributed by atoms with E-state index >= 15 is 0 Å². The predicted molar refractivity (Wildman–Crippen MR) is 128 cm³/mol. The van der Waals surface area contributed by atoms with Gasteiger partial charge in [-0.15, -0.1) is 0 Å². The SMILES string of the molecule is CCCCCC1(CCCCC)c2cc(C)ccc2-c2cc3ccc(C)cc3cc21. The second-order valence-electron chi connectivity index (χ2n) is 9.29. The fourth-order valence-corrected chi connectivity index (χ4v) is 5.49. The highest BCUT2D eigenvalue weighted by Crippen LogP contribution is 2.55. The molecule has 0 saturated heterocycles. The molecule has 0 heteroatoms. The molecular weight excluding hydrogens is 348 g/mol. The molecule has 152 valence electrons. The van der Waals surface area contributed by atoms with E-state index in [1.807, 2.05) is 0 Å². The fraction of sp³-hybridized carbons (Fsp3) is 0.448. The number of unbranched alkanes of at least 4 members (excludes halogenated alkanes) is 4. The third-order valence-corrected chi connectivity index (χ3v) is 7.04. The van der Waals surface area contributed by atoms with Gasteiger partial charge in [-0.05, 0) is 71.8 Å². The minimum Gasteiger partial charge on any atom is -0.0654 e. The summed E-state index contributed by atoms with van der Waals surface area (Å²) in [5.74, 6) is 0. The summed E-state index contributed by atoms with van der Waals surface area (Å²) in [5, 5.41) is 2.78. The van der Waals surface area contributed by atoms with Crippen molar-refractivity contribution in [1.29, 1.82) is 0 Å². The maximum atomic E-state index is 2.55. The molecule has 0 atom stereocenters. The lowest BCUT2D eigenvalue weighted by Gasteiger charge is -2.33. The Labute approximate surface area is 177 Å². The number of aryl methyl sites for hydroxylation is 2. The van der Waals surface area contributed by atoms with E-state index in [0.717, 1.165) is 0 Å². The largest absolute Gasteiger partial charge is 0.0654 e. The van der Waals surface area contributed by atoms with Gasteiger partial charge in [-0.3, -0.25) is 0 Å². The highest BCUT2D eigenvalue weighted by atomic mass is 14.4. The summed E-state index contributed by atoms with van der Waals surface area (Å²) < 4.78 is 0. The lowest BCUT2D eigenvalue weighted by Crippen LogP contribution is -2.25. The summed E-state index contributed by atoms with van der Waals surface area (Å²) in [6.07, 6.45) is 10.4. The van der Waals surface area contributed by atoms with E-state index in [4.69, 9.17) is 0 Å². The Kier molecular flexibility index (Phi) is 5.81. The number of fused-ring (bicyclic) bond motifs is 4. The van der Waals surface area contributed by atoms with Crippen LogP contribution in [0.2, 0.25) is 0 Å². The van der Waals surface area contributed by atoms with Crippen LogP contribution in [0.1, 0.15) is 87.5 Å². The molecule has 29 heavy (non-hydrogen) atoms. The van der Waals surface area contributed by atoms with Gasteiger partial charge >= 0.3 is 0 Å². The topological polar surface area (TPSA) is 0 Å². The average Bonchev–Trinajstić information content (AvgIpc) is 2.96. The molecule has 1 aliphatic carbocycles. The van der Waals surface area contributed by atoms with Crippen LogP contribution in [0.4, 0.5) is 0 Å². The summed E-state index contributed by atoms with van der Waals surface area (Å²) in [6, 6.07) is 19.1. The quantitative estimate of drug-likeness (QED) is 0.340. The van der Waals surface area contributed by atoms with Crippen LogP contribution in [-0.4, -0.2) is 0 Å². The zero-order valence-corrected chi connectivity index (χ0v) is 18.8. The molecule has 0 aliphatic heterocycles. The zero-order valence-electron chi connectivity index (χ0n) is 18.8. The standard InChI is InChI=1S/C29H36/c1-5-7-9-15-29(16-10-8-6-2)27-18-22(4)12-14-25(27)26-19-23-13-11-21(3)17-24(23)20-28(26)29/h11-14,17-20H,5-10,15-16H2,1-4H3. The van der Waals surface area contributed by atoms with Gasteiger partial charge in [0.05, 0.1) is 0 Å². The summed E-state index contributed by atoms with van der Waals surface area (Å²) >= 11 is 0. The van der Waals surface area contributed by atoms with Crippen molar-refractivity contribution in [3.8, 4) is 11.1 Å². The van der Waals surface area contributed by atoms with E-state index < -0.39 is 0 Å². The molecule has 0 aromatic heterocycles. The summed E-state index contributed by atoms with van der Waals surface area (Å²) in [7, 11) is 0. The lowest BCUT2D eigenvalue weighted by atomic mass is 9.70. The van der Waals surface area contributed by atoms with Crippen LogP contribution >= 0.6 is 0 Å². The molecule has 0 unspecified atom stereocenters. The van der Waals surface area contributed by atoms with Crippen LogP contribution in [0.5, 0.6) is 0 Å². The van der Waals surface area contributed by atoms with Crippen molar-refractivity contribution in [2.75, 3.05) is 0 Å². The van der Waals surface area contributed by atoms with Crippen LogP contribution in [0, 0.1) is 13.8 Å². The van der Waals surface area contributed by atoms with Crippen molar-refractivity contribution < 1.29 is 0 Å². The van der Waals surface area contributed by atoms with Gasteiger partial charge in [-0.25, -0.2) is 0 Å². The van der Waals surface area contributed by atoms with Crippen molar-refractivity contribution in [2.45, 2.75) is 84.5 Å². The Morgan fingerprint density at radius 1 is 0.586 bits per heavy atom. The Balaban J connectivity index is 1.93. The van der Waals surface area contributed by atoms with Gasteiger partial charge in [-0.1, -0.05) is 99.9 Å². The van der Waals surface area contributed by atoms with Crippen molar-refractivity contribution in [2.24, 2.45) is 0 Å². The van der Waals surface area contributed by atoms with Gasteiger partial charge < -0.3 is 0 Å². The van der Waals surface area contributed by atoms with Crippen LogP contribution < -0.4 is 0 Å². The first-order valence-electron chi connectivity index (χ1n) is 11.8. The Morgan fingerprint density at radius 2 is 1.21 bits per heavy atom. The van der Waals surface area contributed by atoms with Gasteiger partial charge in [0.25, 0.3) is 0 Å². The van der Waals surface area contributed by atoms with Crippen molar-refractivity contribution in [1.82, 2.24) is 0 Å². The van der Waals surface area contributed by atoms with Crippen molar-refractivity contribution in [3.63, 3.8) is 0 Å². The van der Waals surface area contributed by atoms with E-state index in [9.17, 15) is 0 Å². The van der Waals surface area contributed by atoms with E-state index in [0.29, 0.717) is 0 Å². The van der Waals surface area contributed by atoms with Gasteiger partial charge in [-0.2, -0.15) is 0 Å². The normalized spacial score (nSPS) is 14.2. The van der Waals surface area contributed by atoms with Gasteiger partial charge in [0, 0.05) is 5.41 Å². The molecule has 4 rings (SSSR count). The first-order valence-corrected chi connectivity index (χ1v) is 11.8. The second kappa shape index (κ2) is 8.34. The molecule has 0 radical (unpaired) electrons. The smallest absolute Gasteiger partial charge is 0.0215 e. The number of rotatable bonds is 8. The molecule has 3 aromatic carbocycles. The lowest BCUT2D eigenvalue weighted by molar-refractivity contribution is 0.405. The van der Waals surface area contributed by atoms with Crippen LogP contribution in [-0.2, 0) is 5.41 Å². The third kappa shape index (κ3) is 3.63. The minimum atomic E-state index is 0.193. The van der Waals surface area contributed by atoms with Crippen molar-refractivity contribution in [3.05, 3.63) is 70.8 Å². The molecule has 0 spiro atoms. The molecule has 1 aliphatic rings. The summed E-state index contributed by atoms with van der Waals surface area (Å²) in [6.45, 7) is 9.11. The Bertz CT molecular complexity index is 998. The highest BCUT2D eigenvalue weighted by Gasteiger charge is 2.42. The maximum Gasteiger partial charge on any atom is 0.0215 e. The van der Waals surface area contributed by atoms with Gasteiger partial charge in [0.15, 0.2) is 0 Å². The van der Waals surface area contributed by atoms with Crippen molar-refractivity contribution >= 4 is 10.8 Å². The molecular formula is C29H36. The van der Waals surface area contributed by atoms with E-state index in [1.54, 1.807) is 11.1 Å². The Morgan fingerprint density at radius 3 is 1.90 bits per heavy atom. The Hall–Kier alpha value is -2.08. The van der Waals surface area contributed by atoms with Gasteiger partial charge in [0.1, 0.15) is 0 Å².